The van der Waals surface area contributed by atoms with Gasteiger partial charge in [-0.15, -0.1) is 0 Å². The number of benzene rings is 1. The van der Waals surface area contributed by atoms with Crippen LogP contribution in [-0.4, -0.2) is 30.6 Å². The van der Waals surface area contributed by atoms with E-state index in [1.54, 1.807) is 7.11 Å². The zero-order valence-corrected chi connectivity index (χ0v) is 13.1. The summed E-state index contributed by atoms with van der Waals surface area (Å²) in [5.74, 6) is 1.57. The Morgan fingerprint density at radius 1 is 1.47 bits per heavy atom. The summed E-state index contributed by atoms with van der Waals surface area (Å²) < 4.78 is 5.40. The number of rotatable bonds is 7. The molecule has 0 spiro atoms. The molecule has 2 N–H and O–H groups in total. The molecule has 0 amide bonds. The molecule has 1 rings (SSSR count). The second-order valence-electron chi connectivity index (χ2n) is 5.10. The highest BCUT2D eigenvalue weighted by atomic mass is 32.1. The lowest BCUT2D eigenvalue weighted by molar-refractivity contribution is 0.270. The standard InChI is InChI=1S/C15H24N2OS/c1-5-11(2)9-17(3)10-13-8-12(15(16)19)6-7-14(13)18-4/h6-8,11H,5,9-10H2,1-4H3,(H2,16,19). The average Bonchev–Trinajstić information content (AvgIpc) is 2.38. The molecule has 0 saturated carbocycles. The van der Waals surface area contributed by atoms with Crippen LogP contribution in [0.15, 0.2) is 18.2 Å². The van der Waals surface area contributed by atoms with Crippen LogP contribution < -0.4 is 10.5 Å². The van der Waals surface area contributed by atoms with Gasteiger partial charge in [0.05, 0.1) is 7.11 Å². The SMILES string of the molecule is CCC(C)CN(C)Cc1cc(C(N)=S)ccc1OC. The lowest BCUT2D eigenvalue weighted by Gasteiger charge is -2.22. The predicted octanol–water partition coefficient (Wildman–Crippen LogP) is 2.81. The van der Waals surface area contributed by atoms with Gasteiger partial charge < -0.3 is 15.4 Å². The van der Waals surface area contributed by atoms with Crippen molar-refractivity contribution in [3.8, 4) is 5.75 Å². The smallest absolute Gasteiger partial charge is 0.123 e. The number of thiocarbonyl (C=S) groups is 1. The van der Waals surface area contributed by atoms with E-state index >= 15 is 0 Å². The van der Waals surface area contributed by atoms with Gasteiger partial charge in [-0.25, -0.2) is 0 Å². The first-order chi connectivity index (χ1) is 8.97. The molecule has 0 aliphatic heterocycles. The Balaban J connectivity index is 2.85. The molecule has 0 aliphatic rings. The van der Waals surface area contributed by atoms with Crippen LogP contribution in [0.3, 0.4) is 0 Å². The van der Waals surface area contributed by atoms with Gasteiger partial charge in [-0.1, -0.05) is 32.5 Å². The normalized spacial score (nSPS) is 12.5. The number of hydrogen-bond acceptors (Lipinski definition) is 3. The third-order valence-corrected chi connectivity index (χ3v) is 3.56. The van der Waals surface area contributed by atoms with Gasteiger partial charge in [0.2, 0.25) is 0 Å². The lowest BCUT2D eigenvalue weighted by Crippen LogP contribution is -2.24. The molecule has 0 saturated heterocycles. The molecule has 0 bridgehead atoms. The summed E-state index contributed by atoms with van der Waals surface area (Å²) in [4.78, 5) is 2.73. The fourth-order valence-electron chi connectivity index (χ4n) is 2.07. The minimum absolute atomic E-state index is 0.425. The molecule has 1 aromatic rings. The third-order valence-electron chi connectivity index (χ3n) is 3.33. The summed E-state index contributed by atoms with van der Waals surface area (Å²) in [6.07, 6.45) is 1.19. The largest absolute Gasteiger partial charge is 0.496 e. The predicted molar refractivity (Wildman–Crippen MR) is 84.7 cm³/mol. The monoisotopic (exact) mass is 280 g/mol. The van der Waals surface area contributed by atoms with Gasteiger partial charge in [-0.2, -0.15) is 0 Å². The molecular weight excluding hydrogens is 256 g/mol. The van der Waals surface area contributed by atoms with Gasteiger partial charge >= 0.3 is 0 Å². The van der Waals surface area contributed by atoms with Gasteiger partial charge in [0.1, 0.15) is 10.7 Å². The first kappa shape index (κ1) is 15.9. The van der Waals surface area contributed by atoms with E-state index in [9.17, 15) is 0 Å². The van der Waals surface area contributed by atoms with Crippen LogP contribution in [0.5, 0.6) is 5.75 Å². The topological polar surface area (TPSA) is 38.5 Å². The molecule has 0 heterocycles. The Hall–Kier alpha value is -1.13. The molecular formula is C15H24N2OS. The maximum atomic E-state index is 5.68. The molecule has 0 aliphatic carbocycles. The second kappa shape index (κ2) is 7.46. The van der Waals surface area contributed by atoms with Crippen molar-refractivity contribution >= 4 is 17.2 Å². The molecule has 0 aromatic heterocycles. The van der Waals surface area contributed by atoms with E-state index in [-0.39, 0.29) is 0 Å². The van der Waals surface area contributed by atoms with E-state index in [0.29, 0.717) is 10.9 Å². The summed E-state index contributed by atoms with van der Waals surface area (Å²) in [6.45, 7) is 6.38. The molecule has 0 fully saturated rings. The van der Waals surface area contributed by atoms with Crippen molar-refractivity contribution in [2.24, 2.45) is 11.7 Å². The summed E-state index contributed by atoms with van der Waals surface area (Å²) in [6, 6.07) is 5.86. The van der Waals surface area contributed by atoms with Crippen LogP contribution in [0.2, 0.25) is 0 Å². The van der Waals surface area contributed by atoms with E-state index in [1.807, 2.05) is 18.2 Å². The van der Waals surface area contributed by atoms with Gasteiger partial charge in [0, 0.05) is 24.2 Å². The van der Waals surface area contributed by atoms with Crippen molar-refractivity contribution in [1.29, 1.82) is 0 Å². The molecule has 106 valence electrons. The Labute approximate surface area is 121 Å². The zero-order valence-electron chi connectivity index (χ0n) is 12.3. The molecule has 1 aromatic carbocycles. The van der Waals surface area contributed by atoms with Crippen LogP contribution in [0.1, 0.15) is 31.4 Å². The van der Waals surface area contributed by atoms with Crippen molar-refractivity contribution in [1.82, 2.24) is 4.90 Å². The van der Waals surface area contributed by atoms with Crippen LogP contribution in [-0.2, 0) is 6.54 Å². The Morgan fingerprint density at radius 3 is 2.68 bits per heavy atom. The fourth-order valence-corrected chi connectivity index (χ4v) is 2.20. The van der Waals surface area contributed by atoms with E-state index in [2.05, 4.69) is 25.8 Å². The highest BCUT2D eigenvalue weighted by Gasteiger charge is 2.10. The van der Waals surface area contributed by atoms with Crippen molar-refractivity contribution in [2.45, 2.75) is 26.8 Å². The first-order valence-corrected chi connectivity index (χ1v) is 7.04. The van der Waals surface area contributed by atoms with E-state index in [0.717, 1.165) is 30.0 Å². The van der Waals surface area contributed by atoms with Crippen LogP contribution in [0.25, 0.3) is 0 Å². The number of nitrogens with two attached hydrogens (primary N) is 1. The Bertz CT molecular complexity index is 434. The molecule has 1 atom stereocenters. The van der Waals surface area contributed by atoms with Gasteiger partial charge in [0.25, 0.3) is 0 Å². The zero-order chi connectivity index (χ0) is 14.4. The van der Waals surface area contributed by atoms with Crippen molar-refractivity contribution < 1.29 is 4.74 Å². The second-order valence-corrected chi connectivity index (χ2v) is 5.54. The minimum Gasteiger partial charge on any atom is -0.496 e. The van der Waals surface area contributed by atoms with E-state index in [1.165, 1.54) is 6.42 Å². The quantitative estimate of drug-likeness (QED) is 0.780. The number of methoxy groups -OCH3 is 1. The third kappa shape index (κ3) is 4.80. The summed E-state index contributed by atoms with van der Waals surface area (Å²) in [5.41, 5.74) is 7.70. The summed E-state index contributed by atoms with van der Waals surface area (Å²) >= 11 is 5.03. The number of hydrogen-bond donors (Lipinski definition) is 1. The van der Waals surface area contributed by atoms with E-state index in [4.69, 9.17) is 22.7 Å². The molecule has 0 radical (unpaired) electrons. The van der Waals surface area contributed by atoms with Crippen LogP contribution in [0.4, 0.5) is 0 Å². The lowest BCUT2D eigenvalue weighted by atomic mass is 10.1. The summed E-state index contributed by atoms with van der Waals surface area (Å²) in [7, 11) is 3.81. The highest BCUT2D eigenvalue weighted by Crippen LogP contribution is 2.22. The van der Waals surface area contributed by atoms with Crippen molar-refractivity contribution in [3.05, 3.63) is 29.3 Å². The van der Waals surface area contributed by atoms with Gasteiger partial charge in [-0.05, 0) is 31.2 Å². The minimum atomic E-state index is 0.425. The molecule has 4 heteroatoms. The maximum absolute atomic E-state index is 5.68. The summed E-state index contributed by atoms with van der Waals surface area (Å²) in [5, 5.41) is 0. The number of nitrogens with zero attached hydrogens (tertiary/aromatic N) is 1. The molecule has 3 nitrogen and oxygen atoms in total. The van der Waals surface area contributed by atoms with Gasteiger partial charge in [-0.3, -0.25) is 0 Å². The highest BCUT2D eigenvalue weighted by molar-refractivity contribution is 7.80. The van der Waals surface area contributed by atoms with Crippen LogP contribution in [0, 0.1) is 5.92 Å². The Kier molecular flexibility index (Phi) is 6.25. The van der Waals surface area contributed by atoms with Crippen molar-refractivity contribution in [2.75, 3.05) is 20.7 Å². The molecule has 1 unspecified atom stereocenters. The van der Waals surface area contributed by atoms with Gasteiger partial charge in [0.15, 0.2) is 0 Å². The first-order valence-electron chi connectivity index (χ1n) is 6.63. The van der Waals surface area contributed by atoms with Crippen molar-refractivity contribution in [3.63, 3.8) is 0 Å². The number of ether oxygens (including phenoxy) is 1. The van der Waals surface area contributed by atoms with Crippen LogP contribution >= 0.6 is 12.2 Å². The fraction of sp³-hybridized carbons (Fsp3) is 0.533. The maximum Gasteiger partial charge on any atom is 0.123 e. The molecule has 19 heavy (non-hydrogen) atoms. The van der Waals surface area contributed by atoms with E-state index < -0.39 is 0 Å². The Morgan fingerprint density at radius 2 is 2.16 bits per heavy atom. The average molecular weight is 280 g/mol.